The summed E-state index contributed by atoms with van der Waals surface area (Å²) in [6.45, 7) is 3.58. The number of carboxylic acid groups (broad SMARTS) is 1. The number of halogens is 1. The van der Waals surface area contributed by atoms with Gasteiger partial charge in [-0.2, -0.15) is 0 Å². The summed E-state index contributed by atoms with van der Waals surface area (Å²) in [5.41, 5.74) is 0.635. The molecule has 1 aromatic rings. The molecule has 4 nitrogen and oxygen atoms in total. The molecular weight excluding hydrogens is 334 g/mol. The molecule has 0 amide bonds. The summed E-state index contributed by atoms with van der Waals surface area (Å²) in [6.07, 6.45) is 2.79. The van der Waals surface area contributed by atoms with Crippen LogP contribution in [0.5, 0.6) is 0 Å². The van der Waals surface area contributed by atoms with Crippen molar-refractivity contribution in [3.05, 3.63) is 34.3 Å². The highest BCUT2D eigenvalue weighted by atomic mass is 79.9. The Labute approximate surface area is 133 Å². The zero-order chi connectivity index (χ0) is 15.5. The molecule has 2 N–H and O–H groups in total. The van der Waals surface area contributed by atoms with Crippen LogP contribution in [0.3, 0.4) is 0 Å². The monoisotopic (exact) mass is 355 g/mol. The molecule has 2 rings (SSSR count). The normalized spacial score (nSPS) is 24.1. The fourth-order valence-corrected chi connectivity index (χ4v) is 3.74. The second-order valence-electron chi connectivity index (χ2n) is 5.92. The maximum absolute atomic E-state index is 11.7. The van der Waals surface area contributed by atoms with Crippen LogP contribution in [0, 0.1) is 5.41 Å². The van der Waals surface area contributed by atoms with Crippen LogP contribution in [-0.4, -0.2) is 40.8 Å². The number of likely N-dealkylation sites (tertiary alicyclic amines) is 1. The van der Waals surface area contributed by atoms with Crippen LogP contribution in [0.1, 0.15) is 37.8 Å². The van der Waals surface area contributed by atoms with Gasteiger partial charge in [-0.15, -0.1) is 0 Å². The van der Waals surface area contributed by atoms with Gasteiger partial charge in [0.15, 0.2) is 0 Å². The van der Waals surface area contributed by atoms with Gasteiger partial charge in [-0.05, 0) is 37.1 Å². The second kappa shape index (κ2) is 6.90. The summed E-state index contributed by atoms with van der Waals surface area (Å²) in [5, 5.41) is 19.4. The summed E-state index contributed by atoms with van der Waals surface area (Å²) in [4.78, 5) is 13.7. The predicted octanol–water partition coefficient (Wildman–Crippen LogP) is 3.06. The minimum absolute atomic E-state index is 0.127. The first kappa shape index (κ1) is 16.5. The predicted molar refractivity (Wildman–Crippen MR) is 85.1 cm³/mol. The Kier molecular flexibility index (Phi) is 5.41. The Hall–Kier alpha value is -0.910. The fourth-order valence-electron chi connectivity index (χ4n) is 3.32. The van der Waals surface area contributed by atoms with Crippen LogP contribution in [0.15, 0.2) is 28.7 Å². The number of benzene rings is 1. The standard InChI is InChI=1S/C16H22BrNO3/c1-2-6-16(11-19)7-8-18(10-16)14(15(20)21)12-4-3-5-13(17)9-12/h3-5,9,14,19H,2,6-8,10-11H2,1H3,(H,20,21). The molecule has 1 saturated heterocycles. The first-order valence-electron chi connectivity index (χ1n) is 7.34. The Morgan fingerprint density at radius 2 is 2.29 bits per heavy atom. The SMILES string of the molecule is CCCC1(CO)CCN(C(C(=O)O)c2cccc(Br)c2)C1. The molecule has 5 heteroatoms. The van der Waals surface area contributed by atoms with Crippen LogP contribution in [0.4, 0.5) is 0 Å². The third-order valence-corrected chi connectivity index (χ3v) is 4.84. The van der Waals surface area contributed by atoms with E-state index < -0.39 is 12.0 Å². The number of carbonyl (C=O) groups is 1. The van der Waals surface area contributed by atoms with Crippen LogP contribution < -0.4 is 0 Å². The number of aliphatic carboxylic acids is 1. The molecule has 2 unspecified atom stereocenters. The molecule has 0 spiro atoms. The van der Waals surface area contributed by atoms with Crippen molar-refractivity contribution in [2.75, 3.05) is 19.7 Å². The molecule has 1 aliphatic heterocycles. The van der Waals surface area contributed by atoms with Crippen molar-refractivity contribution < 1.29 is 15.0 Å². The minimum atomic E-state index is -0.835. The first-order valence-corrected chi connectivity index (χ1v) is 8.14. The van der Waals surface area contributed by atoms with Gasteiger partial charge in [0, 0.05) is 23.0 Å². The van der Waals surface area contributed by atoms with E-state index >= 15 is 0 Å². The maximum Gasteiger partial charge on any atom is 0.325 e. The lowest BCUT2D eigenvalue weighted by Gasteiger charge is -2.29. The van der Waals surface area contributed by atoms with Gasteiger partial charge in [-0.1, -0.05) is 41.4 Å². The lowest BCUT2D eigenvalue weighted by Crippen LogP contribution is -2.36. The molecule has 0 aliphatic carbocycles. The molecule has 0 saturated carbocycles. The van der Waals surface area contributed by atoms with E-state index in [1.165, 1.54) is 0 Å². The van der Waals surface area contributed by atoms with Crippen LogP contribution >= 0.6 is 15.9 Å². The number of aliphatic hydroxyl groups excluding tert-OH is 1. The van der Waals surface area contributed by atoms with E-state index in [4.69, 9.17) is 0 Å². The summed E-state index contributed by atoms with van der Waals surface area (Å²) < 4.78 is 0.882. The first-order chi connectivity index (χ1) is 10.0. The maximum atomic E-state index is 11.7. The van der Waals surface area contributed by atoms with E-state index in [2.05, 4.69) is 22.9 Å². The largest absolute Gasteiger partial charge is 0.480 e. The molecule has 116 valence electrons. The Balaban J connectivity index is 2.23. The van der Waals surface area contributed by atoms with Crippen LogP contribution in [0.2, 0.25) is 0 Å². The lowest BCUT2D eigenvalue weighted by molar-refractivity contribution is -0.143. The molecule has 0 aromatic heterocycles. The zero-order valence-corrected chi connectivity index (χ0v) is 13.8. The van der Waals surface area contributed by atoms with E-state index in [0.717, 1.165) is 29.3 Å². The van der Waals surface area contributed by atoms with Crippen LogP contribution in [-0.2, 0) is 4.79 Å². The van der Waals surface area contributed by atoms with Gasteiger partial charge in [0.25, 0.3) is 0 Å². The van der Waals surface area contributed by atoms with Gasteiger partial charge in [-0.3, -0.25) is 9.69 Å². The van der Waals surface area contributed by atoms with Crippen molar-refractivity contribution in [2.45, 2.75) is 32.2 Å². The molecule has 21 heavy (non-hydrogen) atoms. The lowest BCUT2D eigenvalue weighted by atomic mass is 9.83. The van der Waals surface area contributed by atoms with Gasteiger partial charge in [0.1, 0.15) is 6.04 Å². The highest BCUT2D eigenvalue weighted by Gasteiger charge is 2.41. The van der Waals surface area contributed by atoms with Crippen molar-refractivity contribution in [1.82, 2.24) is 4.90 Å². The second-order valence-corrected chi connectivity index (χ2v) is 6.84. The third-order valence-electron chi connectivity index (χ3n) is 4.35. The Bertz CT molecular complexity index is 508. The number of nitrogens with zero attached hydrogens (tertiary/aromatic N) is 1. The van der Waals surface area contributed by atoms with Crippen molar-refractivity contribution >= 4 is 21.9 Å². The summed E-state index contributed by atoms with van der Waals surface area (Å²) in [6, 6.07) is 6.81. The zero-order valence-electron chi connectivity index (χ0n) is 12.3. The Morgan fingerprint density at radius 3 is 2.86 bits per heavy atom. The van der Waals surface area contributed by atoms with Gasteiger partial charge in [0.2, 0.25) is 0 Å². The molecule has 1 fully saturated rings. The van der Waals surface area contributed by atoms with E-state index in [9.17, 15) is 15.0 Å². The molecule has 1 heterocycles. The van der Waals surface area contributed by atoms with E-state index in [-0.39, 0.29) is 12.0 Å². The molecule has 0 radical (unpaired) electrons. The summed E-state index contributed by atoms with van der Waals surface area (Å²) >= 11 is 3.40. The van der Waals surface area contributed by atoms with Gasteiger partial charge in [-0.25, -0.2) is 0 Å². The number of aliphatic hydroxyl groups is 1. The van der Waals surface area contributed by atoms with Crippen molar-refractivity contribution in [2.24, 2.45) is 5.41 Å². The van der Waals surface area contributed by atoms with E-state index in [1.807, 2.05) is 29.2 Å². The molecular formula is C16H22BrNO3. The summed E-state index contributed by atoms with van der Waals surface area (Å²) in [7, 11) is 0. The average molecular weight is 356 g/mol. The molecule has 0 bridgehead atoms. The summed E-state index contributed by atoms with van der Waals surface area (Å²) in [5.74, 6) is -0.835. The fraction of sp³-hybridized carbons (Fsp3) is 0.562. The highest BCUT2D eigenvalue weighted by Crippen LogP contribution is 2.39. The smallest absolute Gasteiger partial charge is 0.325 e. The minimum Gasteiger partial charge on any atom is -0.480 e. The number of hydrogen-bond donors (Lipinski definition) is 2. The molecule has 1 aromatic carbocycles. The van der Waals surface area contributed by atoms with Gasteiger partial charge in [0.05, 0.1) is 0 Å². The average Bonchev–Trinajstić information content (AvgIpc) is 2.84. The third kappa shape index (κ3) is 3.65. The quantitative estimate of drug-likeness (QED) is 0.823. The van der Waals surface area contributed by atoms with E-state index in [0.29, 0.717) is 13.1 Å². The topological polar surface area (TPSA) is 60.8 Å². The van der Waals surface area contributed by atoms with E-state index in [1.54, 1.807) is 0 Å². The van der Waals surface area contributed by atoms with Gasteiger partial charge < -0.3 is 10.2 Å². The number of carboxylic acids is 1. The van der Waals surface area contributed by atoms with Crippen molar-refractivity contribution in [3.8, 4) is 0 Å². The number of hydrogen-bond acceptors (Lipinski definition) is 3. The van der Waals surface area contributed by atoms with Crippen LogP contribution in [0.25, 0.3) is 0 Å². The van der Waals surface area contributed by atoms with Crippen molar-refractivity contribution in [1.29, 1.82) is 0 Å². The molecule has 1 aliphatic rings. The van der Waals surface area contributed by atoms with Gasteiger partial charge >= 0.3 is 5.97 Å². The molecule has 2 atom stereocenters. The number of rotatable bonds is 6. The van der Waals surface area contributed by atoms with Crippen molar-refractivity contribution in [3.63, 3.8) is 0 Å². The highest BCUT2D eigenvalue weighted by molar-refractivity contribution is 9.10. The Morgan fingerprint density at radius 1 is 1.52 bits per heavy atom.